The summed E-state index contributed by atoms with van der Waals surface area (Å²) < 4.78 is 26.1. The minimum absolute atomic E-state index is 0.0573. The van der Waals surface area contributed by atoms with Gasteiger partial charge in [-0.1, -0.05) is 25.7 Å². The lowest BCUT2D eigenvalue weighted by atomic mass is 9.60. The number of hydrogen-bond donors (Lipinski definition) is 0. The Kier molecular flexibility index (Phi) is 6.73. The van der Waals surface area contributed by atoms with Crippen LogP contribution in [0.3, 0.4) is 0 Å². The molecule has 4 nitrogen and oxygen atoms in total. The molecule has 0 aromatic heterocycles. The van der Waals surface area contributed by atoms with Gasteiger partial charge in [-0.25, -0.2) is 0 Å². The predicted octanol–water partition coefficient (Wildman–Crippen LogP) is 6.71. The average Bonchev–Trinajstić information content (AvgIpc) is 3.40. The summed E-state index contributed by atoms with van der Waals surface area (Å²) in [4.78, 5) is 0. The molecular formula is C30H48O4. The van der Waals surface area contributed by atoms with Gasteiger partial charge in [-0.2, -0.15) is 0 Å². The van der Waals surface area contributed by atoms with Crippen molar-refractivity contribution in [2.75, 3.05) is 13.2 Å². The van der Waals surface area contributed by atoms with Gasteiger partial charge in [-0.15, -0.1) is 0 Å². The van der Waals surface area contributed by atoms with Crippen LogP contribution in [0.2, 0.25) is 0 Å². The summed E-state index contributed by atoms with van der Waals surface area (Å²) in [7, 11) is 0. The molecular weight excluding hydrogens is 424 g/mol. The SMILES string of the molecule is C1CCOC(C2CC3CCC(C4CCC5OC(C6CC7CCCC(C7)C6)OC54)C(C3)C2)OCC1. The first kappa shape index (κ1) is 23.0. The lowest BCUT2D eigenvalue weighted by molar-refractivity contribution is -0.196. The van der Waals surface area contributed by atoms with Crippen molar-refractivity contribution in [2.45, 2.75) is 128 Å². The van der Waals surface area contributed by atoms with Crippen molar-refractivity contribution >= 4 is 0 Å². The Balaban J connectivity index is 1.00. The van der Waals surface area contributed by atoms with Gasteiger partial charge in [-0.05, 0) is 113 Å². The molecule has 0 N–H and O–H groups in total. The zero-order chi connectivity index (χ0) is 22.5. The Hall–Kier alpha value is -0.160. The van der Waals surface area contributed by atoms with E-state index in [1.807, 2.05) is 0 Å². The summed E-state index contributed by atoms with van der Waals surface area (Å²) >= 11 is 0. The molecule has 0 amide bonds. The molecule has 0 aromatic rings. The smallest absolute Gasteiger partial charge is 0.161 e. The molecule has 4 heteroatoms. The van der Waals surface area contributed by atoms with Crippen molar-refractivity contribution in [3.8, 4) is 0 Å². The lowest BCUT2D eigenvalue weighted by Gasteiger charge is -2.48. The Labute approximate surface area is 207 Å². The van der Waals surface area contributed by atoms with Crippen LogP contribution in [0.15, 0.2) is 0 Å². The van der Waals surface area contributed by atoms with Crippen LogP contribution in [0, 0.1) is 47.3 Å². The predicted molar refractivity (Wildman–Crippen MR) is 131 cm³/mol. The van der Waals surface area contributed by atoms with E-state index in [4.69, 9.17) is 18.9 Å². The number of hydrogen-bond acceptors (Lipinski definition) is 4. The second kappa shape index (κ2) is 9.95. The van der Waals surface area contributed by atoms with Crippen molar-refractivity contribution in [3.05, 3.63) is 0 Å². The quantitative estimate of drug-likeness (QED) is 0.457. The van der Waals surface area contributed by atoms with Gasteiger partial charge in [-0.3, -0.25) is 0 Å². The van der Waals surface area contributed by atoms with Crippen LogP contribution in [0.4, 0.5) is 0 Å². The molecule has 4 bridgehead atoms. The third kappa shape index (κ3) is 4.52. The van der Waals surface area contributed by atoms with E-state index in [-0.39, 0.29) is 12.6 Å². The third-order valence-corrected chi connectivity index (χ3v) is 11.4. The highest BCUT2D eigenvalue weighted by molar-refractivity contribution is 5.00. The molecule has 10 atom stereocenters. The highest BCUT2D eigenvalue weighted by Gasteiger charge is 2.53. The minimum Gasteiger partial charge on any atom is -0.352 e. The standard InChI is InChI=1S/C30H48O4/c1-2-11-31-29(32-12-3-1)24-17-21-7-8-25(22(14-21)18-24)26-9-10-27-28(26)34-30(33-27)23-15-19-5-4-6-20(13-19)16-23/h19-30H,1-18H2. The van der Waals surface area contributed by atoms with Gasteiger partial charge in [0.25, 0.3) is 0 Å². The molecule has 2 heterocycles. The van der Waals surface area contributed by atoms with Crippen LogP contribution in [-0.2, 0) is 18.9 Å². The van der Waals surface area contributed by atoms with Crippen LogP contribution in [0.25, 0.3) is 0 Å². The van der Waals surface area contributed by atoms with Crippen molar-refractivity contribution in [3.63, 3.8) is 0 Å². The topological polar surface area (TPSA) is 36.9 Å². The first-order valence-corrected chi connectivity index (χ1v) is 15.3. The molecule has 0 spiro atoms. The van der Waals surface area contributed by atoms with E-state index in [0.717, 1.165) is 48.7 Å². The van der Waals surface area contributed by atoms with E-state index in [9.17, 15) is 0 Å². The largest absolute Gasteiger partial charge is 0.352 e. The van der Waals surface area contributed by atoms with Crippen LogP contribution < -0.4 is 0 Å². The van der Waals surface area contributed by atoms with Crippen molar-refractivity contribution in [1.29, 1.82) is 0 Å². The van der Waals surface area contributed by atoms with Gasteiger partial charge in [0.2, 0.25) is 0 Å². The van der Waals surface area contributed by atoms with Gasteiger partial charge in [0.15, 0.2) is 12.6 Å². The molecule has 5 aliphatic carbocycles. The fourth-order valence-corrected chi connectivity index (χ4v) is 10.0. The second-order valence-electron chi connectivity index (χ2n) is 13.5. The summed E-state index contributed by atoms with van der Waals surface area (Å²) in [5.74, 6) is 6.47. The number of ether oxygens (including phenoxy) is 4. The van der Waals surface area contributed by atoms with Gasteiger partial charge >= 0.3 is 0 Å². The fourth-order valence-electron chi connectivity index (χ4n) is 10.0. The molecule has 7 aliphatic rings. The van der Waals surface area contributed by atoms with Crippen LogP contribution in [0.5, 0.6) is 0 Å². The lowest BCUT2D eigenvalue weighted by Crippen LogP contribution is -2.43. The van der Waals surface area contributed by atoms with Crippen molar-refractivity contribution in [1.82, 2.24) is 0 Å². The molecule has 10 unspecified atom stereocenters. The summed E-state index contributed by atoms with van der Waals surface area (Å²) in [6.07, 6.45) is 22.6. The number of rotatable bonds is 3. The maximum absolute atomic E-state index is 6.90. The van der Waals surface area contributed by atoms with Crippen LogP contribution in [0.1, 0.15) is 103 Å². The number of fused-ring (bicyclic) bond motifs is 5. The Morgan fingerprint density at radius 3 is 1.91 bits per heavy atom. The van der Waals surface area contributed by atoms with E-state index in [1.54, 1.807) is 0 Å². The fraction of sp³-hybridized carbons (Fsp3) is 1.00. The summed E-state index contributed by atoms with van der Waals surface area (Å²) in [5.41, 5.74) is 0. The van der Waals surface area contributed by atoms with E-state index in [2.05, 4.69) is 0 Å². The molecule has 5 saturated carbocycles. The van der Waals surface area contributed by atoms with Gasteiger partial charge in [0.05, 0.1) is 12.2 Å². The molecule has 0 radical (unpaired) electrons. The van der Waals surface area contributed by atoms with E-state index in [0.29, 0.717) is 24.0 Å². The first-order valence-electron chi connectivity index (χ1n) is 15.3. The average molecular weight is 473 g/mol. The summed E-state index contributed by atoms with van der Waals surface area (Å²) in [6, 6.07) is 0. The molecule has 2 saturated heterocycles. The molecule has 7 rings (SSSR count). The van der Waals surface area contributed by atoms with Crippen LogP contribution in [-0.4, -0.2) is 38.0 Å². The molecule has 0 aromatic carbocycles. The molecule has 192 valence electrons. The Bertz CT molecular complexity index is 677. The molecule has 7 fully saturated rings. The van der Waals surface area contributed by atoms with Crippen molar-refractivity contribution < 1.29 is 18.9 Å². The molecule has 2 aliphatic heterocycles. The summed E-state index contributed by atoms with van der Waals surface area (Å²) in [6.45, 7) is 1.78. The van der Waals surface area contributed by atoms with Gasteiger partial charge in [0.1, 0.15) is 0 Å². The van der Waals surface area contributed by atoms with Gasteiger partial charge < -0.3 is 18.9 Å². The van der Waals surface area contributed by atoms with Gasteiger partial charge in [0, 0.05) is 25.0 Å². The Morgan fingerprint density at radius 2 is 1.12 bits per heavy atom. The van der Waals surface area contributed by atoms with E-state index in [1.165, 1.54) is 103 Å². The van der Waals surface area contributed by atoms with E-state index < -0.39 is 0 Å². The highest BCUT2D eigenvalue weighted by atomic mass is 16.7. The third-order valence-electron chi connectivity index (χ3n) is 11.4. The molecule has 34 heavy (non-hydrogen) atoms. The monoisotopic (exact) mass is 472 g/mol. The normalized spacial score (nSPS) is 52.1. The Morgan fingerprint density at radius 1 is 0.441 bits per heavy atom. The first-order chi connectivity index (χ1) is 16.8. The maximum atomic E-state index is 6.90. The maximum Gasteiger partial charge on any atom is 0.161 e. The second-order valence-corrected chi connectivity index (χ2v) is 13.5. The highest BCUT2D eigenvalue weighted by Crippen LogP contribution is 2.55. The van der Waals surface area contributed by atoms with Crippen LogP contribution >= 0.6 is 0 Å². The van der Waals surface area contributed by atoms with Crippen molar-refractivity contribution in [2.24, 2.45) is 47.3 Å². The minimum atomic E-state index is 0.0573. The zero-order valence-corrected chi connectivity index (χ0v) is 21.3. The summed E-state index contributed by atoms with van der Waals surface area (Å²) in [5, 5.41) is 0. The van der Waals surface area contributed by atoms with E-state index >= 15 is 0 Å². The zero-order valence-electron chi connectivity index (χ0n) is 21.3.